The highest BCUT2D eigenvalue weighted by Gasteiger charge is 2.40. The highest BCUT2D eigenvalue weighted by Crippen LogP contribution is 2.35. The molecule has 1 atom stereocenters. The molecule has 0 bridgehead atoms. The molecule has 1 aliphatic rings. The maximum Gasteiger partial charge on any atom is 0.336 e. The smallest absolute Gasteiger partial charge is 0.336 e. The van der Waals surface area contributed by atoms with Gasteiger partial charge >= 0.3 is 5.97 Å². The Morgan fingerprint density at radius 3 is 2.41 bits per heavy atom. The highest BCUT2D eigenvalue weighted by atomic mass is 32.2. The quantitative estimate of drug-likeness (QED) is 0.768. The molecule has 3 amide bonds. The fourth-order valence-electron chi connectivity index (χ4n) is 2.76. The van der Waals surface area contributed by atoms with Gasteiger partial charge in [-0.1, -0.05) is 12.1 Å². The van der Waals surface area contributed by atoms with Gasteiger partial charge in [-0.25, -0.2) is 9.69 Å². The topological polar surface area (TPSA) is 104 Å². The van der Waals surface area contributed by atoms with Crippen molar-refractivity contribution in [2.45, 2.75) is 23.5 Å². The fraction of sp³-hybridized carbons (Fsp3) is 0.158. The number of benzene rings is 2. The predicted molar refractivity (Wildman–Crippen MR) is 101 cm³/mol. The minimum absolute atomic E-state index is 0.00903. The first kappa shape index (κ1) is 18.7. The molecule has 1 fully saturated rings. The van der Waals surface area contributed by atoms with Crippen LogP contribution < -0.4 is 10.2 Å². The Bertz CT molecular complexity index is 926. The predicted octanol–water partition coefficient (Wildman–Crippen LogP) is 2.77. The number of nitrogens with zero attached hydrogens (tertiary/aromatic N) is 1. The molecular formula is C19H16N2O5S. The van der Waals surface area contributed by atoms with Crippen LogP contribution in [-0.2, 0) is 14.4 Å². The maximum absolute atomic E-state index is 12.7. The zero-order valence-electron chi connectivity index (χ0n) is 14.3. The highest BCUT2D eigenvalue weighted by molar-refractivity contribution is 8.00. The van der Waals surface area contributed by atoms with Crippen LogP contribution in [0.3, 0.4) is 0 Å². The average Bonchev–Trinajstić information content (AvgIpc) is 2.89. The Hall–Kier alpha value is -3.13. The summed E-state index contributed by atoms with van der Waals surface area (Å²) in [5.41, 5.74) is 1.07. The Balaban J connectivity index is 1.79. The molecule has 7 nitrogen and oxygen atoms in total. The Morgan fingerprint density at radius 1 is 1.11 bits per heavy atom. The molecular weight excluding hydrogens is 368 g/mol. The van der Waals surface area contributed by atoms with Gasteiger partial charge in [-0.3, -0.25) is 14.4 Å². The van der Waals surface area contributed by atoms with E-state index in [-0.39, 0.29) is 23.8 Å². The van der Waals surface area contributed by atoms with Crippen molar-refractivity contribution in [3.8, 4) is 0 Å². The van der Waals surface area contributed by atoms with Gasteiger partial charge in [-0.2, -0.15) is 0 Å². The number of thioether (sulfide) groups is 1. The van der Waals surface area contributed by atoms with Gasteiger partial charge in [0.2, 0.25) is 17.7 Å². The molecule has 27 heavy (non-hydrogen) atoms. The molecule has 0 aliphatic carbocycles. The summed E-state index contributed by atoms with van der Waals surface area (Å²) in [5.74, 6) is -2.04. The first-order valence-corrected chi connectivity index (χ1v) is 8.98. The van der Waals surface area contributed by atoms with Crippen molar-refractivity contribution >= 4 is 46.8 Å². The number of hydrogen-bond acceptors (Lipinski definition) is 5. The number of carbonyl (C=O) groups excluding carboxylic acids is 3. The first-order valence-electron chi connectivity index (χ1n) is 8.10. The van der Waals surface area contributed by atoms with Gasteiger partial charge in [-0.05, 0) is 36.4 Å². The van der Waals surface area contributed by atoms with Crippen molar-refractivity contribution in [3.63, 3.8) is 0 Å². The molecule has 8 heteroatoms. The number of hydrogen-bond donors (Lipinski definition) is 2. The lowest BCUT2D eigenvalue weighted by molar-refractivity contribution is -0.121. The van der Waals surface area contributed by atoms with E-state index in [1.807, 2.05) is 0 Å². The minimum Gasteiger partial charge on any atom is -0.478 e. The van der Waals surface area contributed by atoms with Crippen molar-refractivity contribution in [2.24, 2.45) is 0 Å². The molecule has 138 valence electrons. The number of aromatic carboxylic acids is 1. The first-order chi connectivity index (χ1) is 12.9. The van der Waals surface area contributed by atoms with Gasteiger partial charge in [-0.15, -0.1) is 11.8 Å². The van der Waals surface area contributed by atoms with E-state index in [9.17, 15) is 24.3 Å². The van der Waals surface area contributed by atoms with Crippen molar-refractivity contribution in [1.29, 1.82) is 0 Å². The van der Waals surface area contributed by atoms with Crippen LogP contribution in [0.2, 0.25) is 0 Å². The number of amides is 3. The second-order valence-electron chi connectivity index (χ2n) is 5.91. The molecule has 0 spiro atoms. The van der Waals surface area contributed by atoms with E-state index in [4.69, 9.17) is 0 Å². The lowest BCUT2D eigenvalue weighted by Crippen LogP contribution is -2.31. The summed E-state index contributed by atoms with van der Waals surface area (Å²) in [4.78, 5) is 49.1. The summed E-state index contributed by atoms with van der Waals surface area (Å²) in [5, 5.41) is 11.2. The Kier molecular flexibility index (Phi) is 5.27. The van der Waals surface area contributed by atoms with Crippen LogP contribution in [0.5, 0.6) is 0 Å². The second-order valence-corrected chi connectivity index (χ2v) is 7.15. The number of anilines is 2. The second kappa shape index (κ2) is 7.63. The molecule has 0 aromatic heterocycles. The van der Waals surface area contributed by atoms with Crippen molar-refractivity contribution in [2.75, 3.05) is 10.2 Å². The largest absolute Gasteiger partial charge is 0.478 e. The molecule has 1 unspecified atom stereocenters. The van der Waals surface area contributed by atoms with E-state index in [1.165, 1.54) is 13.0 Å². The van der Waals surface area contributed by atoms with Crippen molar-refractivity contribution in [3.05, 3.63) is 54.1 Å². The van der Waals surface area contributed by atoms with E-state index in [1.54, 1.807) is 42.5 Å². The summed E-state index contributed by atoms with van der Waals surface area (Å²) in [6.07, 6.45) is -0.00903. The van der Waals surface area contributed by atoms with Crippen LogP contribution in [-0.4, -0.2) is 34.0 Å². The number of carbonyl (C=O) groups is 4. The van der Waals surface area contributed by atoms with Gasteiger partial charge in [0, 0.05) is 23.9 Å². The van der Waals surface area contributed by atoms with E-state index in [0.29, 0.717) is 16.3 Å². The third-order valence-electron chi connectivity index (χ3n) is 3.94. The number of rotatable bonds is 5. The maximum atomic E-state index is 12.7. The number of carboxylic acid groups (broad SMARTS) is 1. The molecule has 2 N–H and O–H groups in total. The molecule has 2 aromatic carbocycles. The Labute approximate surface area is 159 Å². The van der Waals surface area contributed by atoms with Crippen molar-refractivity contribution in [1.82, 2.24) is 0 Å². The van der Waals surface area contributed by atoms with E-state index >= 15 is 0 Å². The zero-order valence-corrected chi connectivity index (χ0v) is 15.2. The van der Waals surface area contributed by atoms with E-state index < -0.39 is 17.1 Å². The van der Waals surface area contributed by atoms with Gasteiger partial charge in [0.1, 0.15) is 0 Å². The summed E-state index contributed by atoms with van der Waals surface area (Å²) in [6.45, 7) is 1.39. The van der Waals surface area contributed by atoms with Crippen LogP contribution in [0.25, 0.3) is 0 Å². The van der Waals surface area contributed by atoms with Crippen LogP contribution in [0.15, 0.2) is 53.4 Å². The van der Waals surface area contributed by atoms with Crippen LogP contribution in [0.1, 0.15) is 23.7 Å². The van der Waals surface area contributed by atoms with Crippen molar-refractivity contribution < 1.29 is 24.3 Å². The van der Waals surface area contributed by atoms with Crippen LogP contribution in [0, 0.1) is 0 Å². The number of nitrogens with one attached hydrogen (secondary N) is 1. The third-order valence-corrected chi connectivity index (χ3v) is 5.20. The minimum atomic E-state index is -1.08. The lowest BCUT2D eigenvalue weighted by Gasteiger charge is -2.16. The van der Waals surface area contributed by atoms with Gasteiger partial charge in [0.15, 0.2) is 0 Å². The number of imide groups is 1. The van der Waals surface area contributed by atoms with Gasteiger partial charge < -0.3 is 10.4 Å². The molecule has 0 radical (unpaired) electrons. The van der Waals surface area contributed by atoms with Gasteiger partial charge in [0.05, 0.1) is 16.5 Å². The summed E-state index contributed by atoms with van der Waals surface area (Å²) < 4.78 is 0. The SMILES string of the molecule is CC(=O)Nc1ccc(N2C(=O)CC(Sc3ccccc3C(=O)O)C2=O)cc1. The fourth-order valence-corrected chi connectivity index (χ4v) is 3.94. The molecule has 0 saturated carbocycles. The standard InChI is InChI=1S/C19H16N2O5S/c1-11(22)20-12-6-8-13(9-7-12)21-17(23)10-16(18(21)24)27-15-5-3-2-4-14(15)19(25)26/h2-9,16H,10H2,1H3,(H,20,22)(H,25,26). The summed E-state index contributed by atoms with van der Waals surface area (Å²) in [6, 6.07) is 12.8. The van der Waals surface area contributed by atoms with Gasteiger partial charge in [0.25, 0.3) is 0 Å². The normalized spacial score (nSPS) is 16.5. The summed E-state index contributed by atoms with van der Waals surface area (Å²) in [7, 11) is 0. The molecule has 1 saturated heterocycles. The average molecular weight is 384 g/mol. The van der Waals surface area contributed by atoms with Crippen LogP contribution in [0.4, 0.5) is 11.4 Å². The molecule has 2 aromatic rings. The Morgan fingerprint density at radius 2 is 1.78 bits per heavy atom. The molecule has 3 rings (SSSR count). The van der Waals surface area contributed by atoms with E-state index in [2.05, 4.69) is 5.32 Å². The van der Waals surface area contributed by atoms with Crippen LogP contribution >= 0.6 is 11.8 Å². The zero-order chi connectivity index (χ0) is 19.6. The monoisotopic (exact) mass is 384 g/mol. The summed E-state index contributed by atoms with van der Waals surface area (Å²) >= 11 is 1.08. The van der Waals surface area contributed by atoms with E-state index in [0.717, 1.165) is 16.7 Å². The molecule has 1 heterocycles. The number of carboxylic acids is 1. The molecule has 1 aliphatic heterocycles. The third kappa shape index (κ3) is 4.01. The lowest BCUT2D eigenvalue weighted by atomic mass is 10.2.